The van der Waals surface area contributed by atoms with Gasteiger partial charge >= 0.3 is 6.09 Å². The molecule has 0 aromatic heterocycles. The Morgan fingerprint density at radius 2 is 1.79 bits per heavy atom. The molecule has 1 aromatic rings. The third-order valence-electron chi connectivity index (χ3n) is 6.60. The van der Waals surface area contributed by atoms with Crippen molar-refractivity contribution in [1.29, 1.82) is 0 Å². The number of hydrazone groups is 1. The van der Waals surface area contributed by atoms with Gasteiger partial charge in [0.2, 0.25) is 0 Å². The van der Waals surface area contributed by atoms with Crippen LogP contribution in [0.5, 0.6) is 0 Å². The third-order valence-corrected chi connectivity index (χ3v) is 6.60. The number of fused-ring (bicyclic) bond motifs is 2. The highest BCUT2D eigenvalue weighted by atomic mass is 16.6. The Morgan fingerprint density at radius 1 is 1.14 bits per heavy atom. The summed E-state index contributed by atoms with van der Waals surface area (Å²) in [4.78, 5) is 24.3. The second-order valence-electron chi connectivity index (χ2n) is 9.70. The van der Waals surface area contributed by atoms with Crippen molar-refractivity contribution in [3.8, 4) is 0 Å². The zero-order valence-corrected chi connectivity index (χ0v) is 17.7. The van der Waals surface area contributed by atoms with E-state index in [1.54, 1.807) is 45.0 Å². The summed E-state index contributed by atoms with van der Waals surface area (Å²) in [6.45, 7) is 12.3. The van der Waals surface area contributed by atoms with E-state index in [1.165, 1.54) is 6.42 Å². The second kappa shape index (κ2) is 6.90. The van der Waals surface area contributed by atoms with Crippen LogP contribution in [0.2, 0.25) is 0 Å². The fourth-order valence-electron chi connectivity index (χ4n) is 4.41. The smallest absolute Gasteiger partial charge is 0.412 e. The van der Waals surface area contributed by atoms with Crippen LogP contribution in [0.4, 0.5) is 10.5 Å². The third kappa shape index (κ3) is 3.77. The Hall–Kier alpha value is -2.37. The van der Waals surface area contributed by atoms with E-state index in [4.69, 9.17) is 4.74 Å². The lowest BCUT2D eigenvalue weighted by molar-refractivity contribution is 0.0635. The fraction of sp³-hybridized carbons (Fsp3) is 0.591. The van der Waals surface area contributed by atoms with Gasteiger partial charge in [-0.25, -0.2) is 10.2 Å². The van der Waals surface area contributed by atoms with Crippen molar-refractivity contribution in [3.05, 3.63) is 29.8 Å². The summed E-state index contributed by atoms with van der Waals surface area (Å²) in [5.74, 6) is 0.395. The van der Waals surface area contributed by atoms with Gasteiger partial charge in [-0.2, -0.15) is 5.10 Å². The maximum Gasteiger partial charge on any atom is 0.412 e. The number of hydrogen-bond acceptors (Lipinski definition) is 4. The van der Waals surface area contributed by atoms with Crippen LogP contribution in [0.25, 0.3) is 0 Å². The molecule has 2 aliphatic rings. The molecule has 2 fully saturated rings. The number of hydrogen-bond donors (Lipinski definition) is 2. The van der Waals surface area contributed by atoms with Crippen molar-refractivity contribution in [2.24, 2.45) is 21.8 Å². The summed E-state index contributed by atoms with van der Waals surface area (Å²) in [5.41, 5.74) is 4.61. The van der Waals surface area contributed by atoms with Crippen LogP contribution in [0.1, 0.15) is 71.2 Å². The first-order valence-electron chi connectivity index (χ1n) is 9.90. The summed E-state index contributed by atoms with van der Waals surface area (Å²) in [5, 5.41) is 7.14. The van der Waals surface area contributed by atoms with Crippen LogP contribution >= 0.6 is 0 Å². The molecule has 2 aliphatic carbocycles. The monoisotopic (exact) mass is 385 g/mol. The number of carbonyl (C=O) groups excluding carboxylic acids is 2. The van der Waals surface area contributed by atoms with Crippen molar-refractivity contribution < 1.29 is 14.3 Å². The normalized spacial score (nSPS) is 26.9. The van der Waals surface area contributed by atoms with Crippen molar-refractivity contribution in [2.45, 2.75) is 66.4 Å². The lowest BCUT2D eigenvalue weighted by atomic mass is 9.70. The van der Waals surface area contributed by atoms with Gasteiger partial charge in [-0.05, 0) is 75.6 Å². The van der Waals surface area contributed by atoms with Crippen LogP contribution in [0, 0.1) is 16.7 Å². The van der Waals surface area contributed by atoms with Crippen LogP contribution < -0.4 is 10.7 Å². The standard InChI is InChI=1S/C22H31N3O3/c1-20(2,3)28-19(27)23-16-9-7-14(8-10-16)18(26)25-24-17-13-15-11-12-22(17,6)21(15,4)5/h7-10,15H,11-13H2,1-6H3,(H,23,27)(H,25,26)/b24-17-/t15-,22-/m0/s1. The van der Waals surface area contributed by atoms with E-state index < -0.39 is 11.7 Å². The van der Waals surface area contributed by atoms with Gasteiger partial charge in [0.1, 0.15) is 5.60 Å². The Bertz CT molecular complexity index is 805. The quantitative estimate of drug-likeness (QED) is 0.721. The number of ether oxygens (including phenoxy) is 1. The van der Waals surface area contributed by atoms with Crippen molar-refractivity contribution in [3.63, 3.8) is 0 Å². The number of nitrogens with one attached hydrogen (secondary N) is 2. The van der Waals surface area contributed by atoms with E-state index in [0.29, 0.717) is 17.2 Å². The Kier molecular flexibility index (Phi) is 5.02. The summed E-state index contributed by atoms with van der Waals surface area (Å²) in [7, 11) is 0. The molecule has 2 atom stereocenters. The van der Waals surface area contributed by atoms with Gasteiger partial charge in [-0.3, -0.25) is 10.1 Å². The topological polar surface area (TPSA) is 79.8 Å². The molecule has 2 saturated carbocycles. The highest BCUT2D eigenvalue weighted by Crippen LogP contribution is 2.63. The highest BCUT2D eigenvalue weighted by molar-refractivity contribution is 5.98. The van der Waals surface area contributed by atoms with Gasteiger partial charge in [-0.15, -0.1) is 0 Å². The molecule has 0 spiro atoms. The van der Waals surface area contributed by atoms with Crippen molar-refractivity contribution in [1.82, 2.24) is 5.43 Å². The first-order valence-corrected chi connectivity index (χ1v) is 9.90. The molecular formula is C22H31N3O3. The molecule has 2 bridgehead atoms. The molecule has 0 radical (unpaired) electrons. The van der Waals surface area contributed by atoms with Gasteiger partial charge in [-0.1, -0.05) is 20.8 Å². The number of amides is 2. The number of nitrogens with zero attached hydrogens (tertiary/aromatic N) is 1. The zero-order chi connectivity index (χ0) is 20.7. The summed E-state index contributed by atoms with van der Waals surface area (Å²) >= 11 is 0. The molecule has 0 aliphatic heterocycles. The summed E-state index contributed by atoms with van der Waals surface area (Å²) in [6, 6.07) is 6.67. The predicted octanol–water partition coefficient (Wildman–Crippen LogP) is 4.97. The highest BCUT2D eigenvalue weighted by Gasteiger charge is 2.60. The Balaban J connectivity index is 1.61. The van der Waals surface area contributed by atoms with Gasteiger partial charge in [0.05, 0.1) is 0 Å². The zero-order valence-electron chi connectivity index (χ0n) is 17.7. The molecule has 0 heterocycles. The predicted molar refractivity (Wildman–Crippen MR) is 110 cm³/mol. The summed E-state index contributed by atoms with van der Waals surface area (Å²) in [6.07, 6.45) is 2.80. The van der Waals surface area contributed by atoms with Gasteiger partial charge < -0.3 is 4.74 Å². The van der Waals surface area contributed by atoms with E-state index in [0.717, 1.165) is 18.6 Å². The maximum atomic E-state index is 12.5. The first-order chi connectivity index (χ1) is 12.9. The van der Waals surface area contributed by atoms with Crippen LogP contribution in [-0.2, 0) is 4.74 Å². The molecule has 2 amide bonds. The van der Waals surface area contributed by atoms with Crippen molar-refractivity contribution >= 4 is 23.4 Å². The lowest BCUT2D eigenvalue weighted by Crippen LogP contribution is -2.34. The molecule has 2 N–H and O–H groups in total. The number of benzene rings is 1. The van der Waals surface area contributed by atoms with E-state index in [-0.39, 0.29) is 16.7 Å². The van der Waals surface area contributed by atoms with E-state index in [9.17, 15) is 9.59 Å². The van der Waals surface area contributed by atoms with E-state index >= 15 is 0 Å². The number of carbonyl (C=O) groups is 2. The average molecular weight is 386 g/mol. The fourth-order valence-corrected chi connectivity index (χ4v) is 4.41. The molecule has 152 valence electrons. The molecule has 28 heavy (non-hydrogen) atoms. The summed E-state index contributed by atoms with van der Waals surface area (Å²) < 4.78 is 5.22. The minimum Gasteiger partial charge on any atom is -0.444 e. The maximum absolute atomic E-state index is 12.5. The first kappa shape index (κ1) is 20.4. The van der Waals surface area contributed by atoms with Gasteiger partial charge in [0, 0.05) is 22.4 Å². The molecule has 0 saturated heterocycles. The molecule has 1 aromatic carbocycles. The van der Waals surface area contributed by atoms with Crippen LogP contribution in [0.15, 0.2) is 29.4 Å². The van der Waals surface area contributed by atoms with Gasteiger partial charge in [0.25, 0.3) is 5.91 Å². The van der Waals surface area contributed by atoms with E-state index in [2.05, 4.69) is 36.6 Å². The number of rotatable bonds is 3. The Labute approximate surface area is 167 Å². The molecule has 6 heteroatoms. The van der Waals surface area contributed by atoms with E-state index in [1.807, 2.05) is 0 Å². The lowest BCUT2D eigenvalue weighted by Gasteiger charge is -2.34. The minimum atomic E-state index is -0.562. The average Bonchev–Trinajstić information content (AvgIpc) is 2.91. The molecular weight excluding hydrogens is 354 g/mol. The largest absolute Gasteiger partial charge is 0.444 e. The van der Waals surface area contributed by atoms with Crippen molar-refractivity contribution in [2.75, 3.05) is 5.32 Å². The number of anilines is 1. The molecule has 0 unspecified atom stereocenters. The SMILES string of the molecule is CC(C)(C)OC(=O)Nc1ccc(C(=O)N/N=C2/C[C@@H]3CC[C@]2(C)C3(C)C)cc1. The van der Waals surface area contributed by atoms with Crippen LogP contribution in [-0.4, -0.2) is 23.3 Å². The second-order valence-corrected chi connectivity index (χ2v) is 9.70. The molecule has 6 nitrogen and oxygen atoms in total. The minimum absolute atomic E-state index is 0.0616. The van der Waals surface area contributed by atoms with Crippen LogP contribution in [0.3, 0.4) is 0 Å². The Morgan fingerprint density at radius 3 is 2.29 bits per heavy atom. The van der Waals surface area contributed by atoms with Gasteiger partial charge in [0.15, 0.2) is 0 Å². The molecule has 3 rings (SSSR count).